The Morgan fingerprint density at radius 3 is 1.89 bits per heavy atom. The van der Waals surface area contributed by atoms with Crippen molar-refractivity contribution in [2.75, 3.05) is 0 Å². The lowest BCUT2D eigenvalue weighted by Crippen LogP contribution is -2.19. The van der Waals surface area contributed by atoms with E-state index in [0.717, 1.165) is 6.42 Å². The van der Waals surface area contributed by atoms with Crippen LogP contribution in [0.25, 0.3) is 0 Å². The first-order chi connectivity index (χ1) is 8.15. The molecule has 1 aromatic rings. The zero-order valence-electron chi connectivity index (χ0n) is 11.3. The minimum atomic E-state index is -2.87. The highest BCUT2D eigenvalue weighted by atomic mass is 31.1. The molecule has 0 heterocycles. The van der Waals surface area contributed by atoms with Gasteiger partial charge in [0.25, 0.3) is 0 Å². The van der Waals surface area contributed by atoms with Crippen LogP contribution in [-0.2, 0) is 9.98 Å². The molecule has 0 atom stereocenters. The van der Waals surface area contributed by atoms with Crippen LogP contribution in [0.3, 0.4) is 0 Å². The van der Waals surface area contributed by atoms with Crippen LogP contribution in [0.15, 0.2) is 24.3 Å². The third kappa shape index (κ3) is 7.38. The van der Waals surface area contributed by atoms with E-state index >= 15 is 0 Å². The fourth-order valence-corrected chi connectivity index (χ4v) is 2.05. The normalized spacial score (nSPS) is 10.8. The molecule has 1 rings (SSSR count). The predicted molar refractivity (Wildman–Crippen MR) is 72.6 cm³/mol. The van der Waals surface area contributed by atoms with Crippen LogP contribution in [0.4, 0.5) is 0 Å². The standard InChI is InChI=1S/C13H20O.HO3P/c1-10(2)9-13(3,4)11-5-7-12(14)8-6-11;1-4(2)3/h5-8,10,14H,9H2,1-4H3;(H-,1,2,3)/p+1. The van der Waals surface area contributed by atoms with Crippen LogP contribution >= 0.6 is 8.25 Å². The fourth-order valence-electron chi connectivity index (χ4n) is 2.05. The van der Waals surface area contributed by atoms with Gasteiger partial charge in [-0.05, 0) is 35.4 Å². The summed E-state index contributed by atoms with van der Waals surface area (Å²) in [5.41, 5.74) is 1.49. The van der Waals surface area contributed by atoms with E-state index in [1.54, 1.807) is 12.1 Å². The van der Waals surface area contributed by atoms with Gasteiger partial charge in [0.1, 0.15) is 5.75 Å². The average Bonchev–Trinajstić information content (AvgIpc) is 2.15. The van der Waals surface area contributed by atoms with Crippen LogP contribution in [0.2, 0.25) is 0 Å². The minimum Gasteiger partial charge on any atom is -0.508 e. The molecule has 1 aromatic carbocycles. The van der Waals surface area contributed by atoms with Gasteiger partial charge in [-0.3, -0.25) is 0 Å². The zero-order valence-corrected chi connectivity index (χ0v) is 12.2. The third-order valence-electron chi connectivity index (χ3n) is 2.57. The molecule has 0 aliphatic heterocycles. The molecule has 0 fully saturated rings. The Labute approximate surface area is 109 Å². The van der Waals surface area contributed by atoms with Gasteiger partial charge in [-0.25, -0.2) is 0 Å². The highest BCUT2D eigenvalue weighted by Crippen LogP contribution is 2.31. The van der Waals surface area contributed by atoms with E-state index in [0.29, 0.717) is 11.7 Å². The topological polar surface area (TPSA) is 77.8 Å². The van der Waals surface area contributed by atoms with E-state index in [9.17, 15) is 5.11 Å². The van der Waals surface area contributed by atoms with Gasteiger partial charge < -0.3 is 5.11 Å². The van der Waals surface area contributed by atoms with Crippen LogP contribution < -0.4 is 0 Å². The third-order valence-corrected chi connectivity index (χ3v) is 2.57. The maximum absolute atomic E-state index is 9.20. The van der Waals surface area contributed by atoms with Crippen molar-refractivity contribution in [2.24, 2.45) is 5.92 Å². The van der Waals surface area contributed by atoms with Crippen molar-refractivity contribution in [1.82, 2.24) is 0 Å². The summed E-state index contributed by atoms with van der Waals surface area (Å²) in [4.78, 5) is 14.2. The first-order valence-electron chi connectivity index (χ1n) is 5.79. The van der Waals surface area contributed by atoms with Crippen molar-refractivity contribution in [3.63, 3.8) is 0 Å². The van der Waals surface area contributed by atoms with Crippen molar-refractivity contribution in [2.45, 2.75) is 39.5 Å². The van der Waals surface area contributed by atoms with Crippen LogP contribution in [-0.4, -0.2) is 14.9 Å². The van der Waals surface area contributed by atoms with E-state index in [2.05, 4.69) is 27.7 Å². The second-order valence-corrected chi connectivity index (χ2v) is 5.79. The smallest absolute Gasteiger partial charge is 0.508 e. The van der Waals surface area contributed by atoms with Gasteiger partial charge in [0.15, 0.2) is 0 Å². The number of hydrogen-bond acceptors (Lipinski definition) is 2. The SMILES string of the molecule is CC(C)CC(C)(C)c1ccc(O)cc1.O=[P+](O)O. The fraction of sp³-hybridized carbons (Fsp3) is 0.538. The van der Waals surface area contributed by atoms with E-state index in [1.165, 1.54) is 5.56 Å². The first kappa shape index (κ1) is 17.0. The second-order valence-electron chi connectivity index (χ2n) is 5.28. The minimum absolute atomic E-state index is 0.196. The summed E-state index contributed by atoms with van der Waals surface area (Å²) in [7, 11) is -2.87. The number of phenols is 1. The molecule has 18 heavy (non-hydrogen) atoms. The first-order valence-corrected chi connectivity index (χ1v) is 6.96. The number of hydrogen-bond donors (Lipinski definition) is 3. The Kier molecular flexibility index (Phi) is 7.07. The molecule has 0 saturated heterocycles. The Morgan fingerprint density at radius 1 is 1.17 bits per heavy atom. The van der Waals surface area contributed by atoms with E-state index in [-0.39, 0.29) is 5.41 Å². The molecule has 0 saturated carbocycles. The maximum atomic E-state index is 9.20. The number of benzene rings is 1. The lowest BCUT2D eigenvalue weighted by atomic mass is 9.78. The zero-order chi connectivity index (χ0) is 14.3. The summed E-state index contributed by atoms with van der Waals surface area (Å²) in [6.45, 7) is 8.98. The van der Waals surface area contributed by atoms with E-state index in [4.69, 9.17) is 14.4 Å². The summed E-state index contributed by atoms with van der Waals surface area (Å²) in [6, 6.07) is 7.55. The molecule has 0 amide bonds. The molecule has 0 spiro atoms. The van der Waals surface area contributed by atoms with Gasteiger partial charge in [0, 0.05) is 4.57 Å². The Hall–Kier alpha value is -0.960. The molecule has 0 aromatic heterocycles. The van der Waals surface area contributed by atoms with Crippen molar-refractivity contribution in [3.05, 3.63) is 29.8 Å². The predicted octanol–water partition coefficient (Wildman–Crippen LogP) is 3.34. The monoisotopic (exact) mass is 273 g/mol. The molecule has 5 heteroatoms. The number of aromatic hydroxyl groups is 1. The van der Waals surface area contributed by atoms with Crippen molar-refractivity contribution in [3.8, 4) is 5.75 Å². The van der Waals surface area contributed by atoms with Crippen molar-refractivity contribution >= 4 is 8.25 Å². The summed E-state index contributed by atoms with van der Waals surface area (Å²) in [5.74, 6) is 1.04. The van der Waals surface area contributed by atoms with Gasteiger partial charge >= 0.3 is 8.25 Å². The van der Waals surface area contributed by atoms with Gasteiger partial charge in [-0.15, -0.1) is 9.79 Å². The Bertz CT molecular complexity index is 367. The molecule has 0 aliphatic rings. The number of phenolic OH excluding ortho intramolecular Hbond substituents is 1. The van der Waals surface area contributed by atoms with Gasteiger partial charge in [-0.1, -0.05) is 39.8 Å². The Balaban J connectivity index is 0.000000631. The van der Waals surface area contributed by atoms with Crippen LogP contribution in [0, 0.1) is 5.92 Å². The second kappa shape index (κ2) is 7.47. The molecule has 0 bridgehead atoms. The van der Waals surface area contributed by atoms with Gasteiger partial charge in [0.2, 0.25) is 0 Å². The average molecular weight is 273 g/mol. The lowest BCUT2D eigenvalue weighted by Gasteiger charge is -2.27. The summed E-state index contributed by atoms with van der Waals surface area (Å²) in [6.07, 6.45) is 1.16. The quantitative estimate of drug-likeness (QED) is 0.738. The van der Waals surface area contributed by atoms with Crippen LogP contribution in [0.1, 0.15) is 39.7 Å². The van der Waals surface area contributed by atoms with Crippen LogP contribution in [0.5, 0.6) is 5.75 Å². The van der Waals surface area contributed by atoms with E-state index in [1.807, 2.05) is 12.1 Å². The summed E-state index contributed by atoms with van der Waals surface area (Å²) >= 11 is 0. The Morgan fingerprint density at radius 2 is 1.56 bits per heavy atom. The highest BCUT2D eigenvalue weighted by molar-refractivity contribution is 7.30. The van der Waals surface area contributed by atoms with E-state index < -0.39 is 8.25 Å². The lowest BCUT2D eigenvalue weighted by molar-refractivity contribution is 0.399. The summed E-state index contributed by atoms with van der Waals surface area (Å²) in [5, 5.41) is 9.20. The number of rotatable bonds is 3. The largest absolute Gasteiger partial charge is 0.692 e. The molecule has 0 unspecified atom stereocenters. The maximum Gasteiger partial charge on any atom is 0.692 e. The molecule has 3 N–H and O–H groups in total. The molecular weight excluding hydrogens is 251 g/mol. The summed E-state index contributed by atoms with van der Waals surface area (Å²) < 4.78 is 8.70. The van der Waals surface area contributed by atoms with Gasteiger partial charge in [0.05, 0.1) is 0 Å². The molecule has 4 nitrogen and oxygen atoms in total. The molecule has 0 aliphatic carbocycles. The highest BCUT2D eigenvalue weighted by Gasteiger charge is 2.21. The van der Waals surface area contributed by atoms with Crippen molar-refractivity contribution in [1.29, 1.82) is 0 Å². The van der Waals surface area contributed by atoms with Crippen molar-refractivity contribution < 1.29 is 19.5 Å². The van der Waals surface area contributed by atoms with Gasteiger partial charge in [-0.2, -0.15) is 0 Å². The molecular formula is C13H22O4P+. The molecule has 0 radical (unpaired) electrons. The molecule has 102 valence electrons.